The fraction of sp³-hybridized carbons (Fsp3) is 0.556. The maximum atomic E-state index is 8.69. The maximum absolute atomic E-state index is 8.69. The molecule has 1 aliphatic heterocycles. The van der Waals surface area contributed by atoms with Gasteiger partial charge < -0.3 is 5.11 Å². The number of aliphatic hydroxyl groups is 1. The van der Waals surface area contributed by atoms with Crippen molar-refractivity contribution >= 4 is 0 Å². The zero-order valence-corrected chi connectivity index (χ0v) is 12.4. The van der Waals surface area contributed by atoms with Crippen LogP contribution in [0.25, 0.3) is 0 Å². The lowest BCUT2D eigenvalue weighted by Gasteiger charge is -2.20. The molecule has 2 heteroatoms. The zero-order chi connectivity index (χ0) is 14.2. The second kappa shape index (κ2) is 8.09. The van der Waals surface area contributed by atoms with E-state index in [0.29, 0.717) is 0 Å². The monoisotopic (exact) mass is 271 g/mol. The van der Waals surface area contributed by atoms with Crippen LogP contribution >= 0.6 is 0 Å². The average molecular weight is 271 g/mol. The Balaban J connectivity index is 1.89. The molecular weight excluding hydrogens is 246 g/mol. The summed E-state index contributed by atoms with van der Waals surface area (Å²) in [5.74, 6) is 6.54. The summed E-state index contributed by atoms with van der Waals surface area (Å²) in [6, 6.07) is 8.41. The van der Waals surface area contributed by atoms with E-state index < -0.39 is 0 Å². The van der Waals surface area contributed by atoms with Gasteiger partial charge in [-0.15, -0.1) is 0 Å². The number of rotatable bonds is 3. The van der Waals surface area contributed by atoms with Gasteiger partial charge >= 0.3 is 0 Å². The first-order valence-electron chi connectivity index (χ1n) is 7.73. The van der Waals surface area contributed by atoms with Crippen molar-refractivity contribution in [2.75, 3.05) is 19.7 Å². The third-order valence-corrected chi connectivity index (χ3v) is 4.19. The van der Waals surface area contributed by atoms with Gasteiger partial charge in [0, 0.05) is 12.1 Å². The first kappa shape index (κ1) is 15.1. The number of benzene rings is 1. The van der Waals surface area contributed by atoms with Gasteiger partial charge in [-0.25, -0.2) is 0 Å². The summed E-state index contributed by atoms with van der Waals surface area (Å²) in [7, 11) is 0. The fourth-order valence-corrected chi connectivity index (χ4v) is 2.88. The summed E-state index contributed by atoms with van der Waals surface area (Å²) in [6.45, 7) is 5.73. The Morgan fingerprint density at radius 1 is 1.20 bits per heavy atom. The molecule has 0 bridgehead atoms. The van der Waals surface area contributed by atoms with Crippen molar-refractivity contribution in [2.45, 2.75) is 39.2 Å². The predicted molar refractivity (Wildman–Crippen MR) is 83.3 cm³/mol. The van der Waals surface area contributed by atoms with Crippen LogP contribution in [-0.4, -0.2) is 29.7 Å². The molecule has 0 aromatic heterocycles. The van der Waals surface area contributed by atoms with Crippen LogP contribution < -0.4 is 0 Å². The highest BCUT2D eigenvalue weighted by molar-refractivity contribution is 5.36. The quantitative estimate of drug-likeness (QED) is 0.854. The normalized spacial score (nSPS) is 20.0. The number of likely N-dealkylation sites (tertiary alicyclic amines) is 1. The first-order chi connectivity index (χ1) is 9.81. The second-order valence-corrected chi connectivity index (χ2v) is 5.64. The zero-order valence-electron chi connectivity index (χ0n) is 12.4. The molecule has 20 heavy (non-hydrogen) atoms. The SMILES string of the molecule is CCC1CCCN(Cc2ccc(C#CCO)cc2)CC1. The standard InChI is InChI=1S/C18H25NO/c1-2-16-5-3-12-19(13-11-16)15-18-9-7-17(8-10-18)6-4-14-20/h7-10,16,20H,2-3,5,11-15H2,1H3. The van der Waals surface area contributed by atoms with Gasteiger partial charge in [-0.2, -0.15) is 0 Å². The van der Waals surface area contributed by atoms with Gasteiger partial charge in [0.25, 0.3) is 0 Å². The molecule has 1 unspecified atom stereocenters. The van der Waals surface area contributed by atoms with Gasteiger partial charge in [0.15, 0.2) is 0 Å². The molecule has 1 aromatic carbocycles. The Kier molecular flexibility index (Phi) is 6.11. The Morgan fingerprint density at radius 2 is 2.00 bits per heavy atom. The van der Waals surface area contributed by atoms with Crippen LogP contribution in [0.1, 0.15) is 43.7 Å². The third-order valence-electron chi connectivity index (χ3n) is 4.19. The first-order valence-corrected chi connectivity index (χ1v) is 7.73. The van der Waals surface area contributed by atoms with E-state index >= 15 is 0 Å². The van der Waals surface area contributed by atoms with E-state index in [0.717, 1.165) is 18.0 Å². The lowest BCUT2D eigenvalue weighted by Crippen LogP contribution is -2.24. The molecule has 1 aliphatic rings. The van der Waals surface area contributed by atoms with Gasteiger partial charge in [-0.05, 0) is 56.0 Å². The molecule has 1 atom stereocenters. The minimum absolute atomic E-state index is 0.0753. The van der Waals surface area contributed by atoms with Gasteiger partial charge in [-0.1, -0.05) is 37.3 Å². The topological polar surface area (TPSA) is 23.5 Å². The van der Waals surface area contributed by atoms with Gasteiger partial charge in [-0.3, -0.25) is 4.90 Å². The highest BCUT2D eigenvalue weighted by Crippen LogP contribution is 2.21. The average Bonchev–Trinajstić information content (AvgIpc) is 2.72. The van der Waals surface area contributed by atoms with E-state index in [9.17, 15) is 0 Å². The molecule has 0 spiro atoms. The van der Waals surface area contributed by atoms with E-state index in [2.05, 4.69) is 35.8 Å². The van der Waals surface area contributed by atoms with Crippen LogP contribution in [0.15, 0.2) is 24.3 Å². The Hall–Kier alpha value is -1.30. The lowest BCUT2D eigenvalue weighted by molar-refractivity contribution is 0.272. The summed E-state index contributed by atoms with van der Waals surface area (Å²) in [5, 5.41) is 8.69. The van der Waals surface area contributed by atoms with Crippen molar-refractivity contribution in [3.05, 3.63) is 35.4 Å². The minimum Gasteiger partial charge on any atom is -0.384 e. The third kappa shape index (κ3) is 4.67. The molecule has 1 heterocycles. The second-order valence-electron chi connectivity index (χ2n) is 5.64. The van der Waals surface area contributed by atoms with E-state index in [1.165, 1.54) is 44.3 Å². The Morgan fingerprint density at radius 3 is 2.70 bits per heavy atom. The lowest BCUT2D eigenvalue weighted by atomic mass is 9.98. The van der Waals surface area contributed by atoms with Gasteiger partial charge in [0.2, 0.25) is 0 Å². The molecule has 0 radical (unpaired) electrons. The van der Waals surface area contributed by atoms with Crippen LogP contribution in [0.4, 0.5) is 0 Å². The molecular formula is C18H25NO. The molecule has 1 fully saturated rings. The molecule has 1 aromatic rings. The van der Waals surface area contributed by atoms with Crippen molar-refractivity contribution in [1.29, 1.82) is 0 Å². The van der Waals surface area contributed by atoms with E-state index in [-0.39, 0.29) is 6.61 Å². The predicted octanol–water partition coefficient (Wildman–Crippen LogP) is 3.04. The molecule has 0 amide bonds. The van der Waals surface area contributed by atoms with Crippen molar-refractivity contribution in [3.63, 3.8) is 0 Å². The van der Waals surface area contributed by atoms with Crippen molar-refractivity contribution in [1.82, 2.24) is 4.90 Å². The summed E-state index contributed by atoms with van der Waals surface area (Å²) < 4.78 is 0. The summed E-state index contributed by atoms with van der Waals surface area (Å²) in [6.07, 6.45) is 5.39. The number of hydrogen-bond acceptors (Lipinski definition) is 2. The fourth-order valence-electron chi connectivity index (χ4n) is 2.88. The maximum Gasteiger partial charge on any atom is 0.104 e. The van der Waals surface area contributed by atoms with Crippen molar-refractivity contribution < 1.29 is 5.11 Å². The highest BCUT2D eigenvalue weighted by atomic mass is 16.2. The van der Waals surface area contributed by atoms with Crippen molar-refractivity contribution in [3.8, 4) is 11.8 Å². The summed E-state index contributed by atoms with van der Waals surface area (Å²) >= 11 is 0. The van der Waals surface area contributed by atoms with Crippen LogP contribution in [-0.2, 0) is 6.54 Å². The van der Waals surface area contributed by atoms with Crippen LogP contribution in [0.5, 0.6) is 0 Å². The number of nitrogens with zero attached hydrogens (tertiary/aromatic N) is 1. The van der Waals surface area contributed by atoms with Crippen LogP contribution in [0, 0.1) is 17.8 Å². The van der Waals surface area contributed by atoms with E-state index in [4.69, 9.17) is 5.11 Å². The molecule has 0 saturated carbocycles. The smallest absolute Gasteiger partial charge is 0.104 e. The largest absolute Gasteiger partial charge is 0.384 e. The molecule has 2 rings (SSSR count). The van der Waals surface area contributed by atoms with Gasteiger partial charge in [0.1, 0.15) is 6.61 Å². The molecule has 1 saturated heterocycles. The van der Waals surface area contributed by atoms with Crippen molar-refractivity contribution in [2.24, 2.45) is 5.92 Å². The summed E-state index contributed by atoms with van der Waals surface area (Å²) in [5.41, 5.74) is 2.33. The highest BCUT2D eigenvalue weighted by Gasteiger charge is 2.15. The van der Waals surface area contributed by atoms with Gasteiger partial charge in [0.05, 0.1) is 0 Å². The Labute approximate surface area is 122 Å². The molecule has 0 aliphatic carbocycles. The molecule has 1 N–H and O–H groups in total. The number of hydrogen-bond donors (Lipinski definition) is 1. The van der Waals surface area contributed by atoms with E-state index in [1.807, 2.05) is 12.1 Å². The van der Waals surface area contributed by atoms with E-state index in [1.54, 1.807) is 0 Å². The molecule has 108 valence electrons. The summed E-state index contributed by atoms with van der Waals surface area (Å²) in [4.78, 5) is 2.57. The number of aliphatic hydroxyl groups excluding tert-OH is 1. The minimum atomic E-state index is -0.0753. The van der Waals surface area contributed by atoms with Crippen LogP contribution in [0.3, 0.4) is 0 Å². The Bertz CT molecular complexity index is 455. The van der Waals surface area contributed by atoms with Crippen LogP contribution in [0.2, 0.25) is 0 Å². The molecule has 2 nitrogen and oxygen atoms in total.